The minimum absolute atomic E-state index is 0.0140. The highest BCUT2D eigenvalue weighted by Crippen LogP contribution is 2.23. The van der Waals surface area contributed by atoms with Gasteiger partial charge in [-0.05, 0) is 27.7 Å². The number of carbonyl (C=O) groups is 1. The van der Waals surface area contributed by atoms with Gasteiger partial charge in [-0.2, -0.15) is 0 Å². The fourth-order valence-corrected chi connectivity index (χ4v) is 2.99. The molecule has 106 valence electrons. The van der Waals surface area contributed by atoms with Gasteiger partial charge in [-0.3, -0.25) is 9.69 Å². The number of nitrogens with one attached hydrogen (secondary N) is 1. The number of hydrogen-bond acceptors (Lipinski definition) is 5. The summed E-state index contributed by atoms with van der Waals surface area (Å²) in [6.45, 7) is 9.61. The predicted octanol–water partition coefficient (Wildman–Crippen LogP) is 1.97. The average molecular weight is 283 g/mol. The monoisotopic (exact) mass is 283 g/mol. The number of nitrogens with zero attached hydrogens (tertiary/aromatic N) is 2. The fourth-order valence-electron chi connectivity index (χ4n) is 2.46. The Bertz CT molecular complexity index is 433. The maximum absolute atomic E-state index is 12.2. The molecule has 0 aromatic carbocycles. The lowest BCUT2D eigenvalue weighted by molar-refractivity contribution is -0.145. The van der Waals surface area contributed by atoms with Gasteiger partial charge in [0.05, 0.1) is 17.7 Å². The van der Waals surface area contributed by atoms with E-state index < -0.39 is 0 Å². The number of amides is 1. The van der Waals surface area contributed by atoms with Crippen LogP contribution in [0.15, 0.2) is 11.6 Å². The maximum atomic E-state index is 12.2. The summed E-state index contributed by atoms with van der Waals surface area (Å²) in [5.74, 6) is -0.0140. The number of hydrogen-bond donors (Lipinski definition) is 1. The van der Waals surface area contributed by atoms with Crippen molar-refractivity contribution in [2.45, 2.75) is 45.4 Å². The Kier molecular flexibility index (Phi) is 4.23. The van der Waals surface area contributed by atoms with Crippen molar-refractivity contribution in [3.8, 4) is 0 Å². The molecule has 1 aliphatic heterocycles. The number of morpholine rings is 1. The largest absolute Gasteiger partial charge is 0.370 e. The van der Waals surface area contributed by atoms with Crippen LogP contribution in [0.4, 0.5) is 5.13 Å². The highest BCUT2D eigenvalue weighted by atomic mass is 32.1. The third-order valence-corrected chi connectivity index (χ3v) is 3.87. The molecule has 19 heavy (non-hydrogen) atoms. The molecule has 2 rings (SSSR count). The van der Waals surface area contributed by atoms with Gasteiger partial charge in [0.2, 0.25) is 5.91 Å². The van der Waals surface area contributed by atoms with E-state index in [4.69, 9.17) is 4.74 Å². The summed E-state index contributed by atoms with van der Waals surface area (Å²) in [5, 5.41) is 5.34. The van der Waals surface area contributed by atoms with Crippen LogP contribution < -0.4 is 5.32 Å². The van der Waals surface area contributed by atoms with Gasteiger partial charge in [-0.15, -0.1) is 11.3 Å². The molecule has 0 spiro atoms. The van der Waals surface area contributed by atoms with E-state index in [9.17, 15) is 4.79 Å². The maximum Gasteiger partial charge on any atom is 0.243 e. The lowest BCUT2D eigenvalue weighted by Crippen LogP contribution is -2.56. The Hall–Kier alpha value is -0.980. The first-order valence-corrected chi connectivity index (χ1v) is 7.37. The van der Waals surface area contributed by atoms with Gasteiger partial charge in [-0.25, -0.2) is 4.98 Å². The van der Waals surface area contributed by atoms with Gasteiger partial charge in [0.15, 0.2) is 5.13 Å². The molecule has 2 heterocycles. The highest BCUT2D eigenvalue weighted by Gasteiger charge is 2.35. The van der Waals surface area contributed by atoms with E-state index in [1.54, 1.807) is 6.20 Å². The van der Waals surface area contributed by atoms with Gasteiger partial charge in [0.25, 0.3) is 0 Å². The molecule has 1 N–H and O–H groups in total. The first kappa shape index (κ1) is 14.4. The summed E-state index contributed by atoms with van der Waals surface area (Å²) in [5.41, 5.74) is -0.215. The molecular formula is C13H21N3O2S. The molecule has 2 unspecified atom stereocenters. The summed E-state index contributed by atoms with van der Waals surface area (Å²) >= 11 is 1.43. The molecule has 5 nitrogen and oxygen atoms in total. The van der Waals surface area contributed by atoms with Crippen molar-refractivity contribution < 1.29 is 9.53 Å². The lowest BCUT2D eigenvalue weighted by atomic mass is 10.0. The Labute approximate surface area is 118 Å². The van der Waals surface area contributed by atoms with Crippen molar-refractivity contribution >= 4 is 22.4 Å². The van der Waals surface area contributed by atoms with Gasteiger partial charge >= 0.3 is 0 Å². The SMILES string of the molecule is CC1CN(C(C)C(=O)Nc2nccs2)CC(C)(C)O1. The van der Waals surface area contributed by atoms with Crippen LogP contribution in [0.3, 0.4) is 0 Å². The fraction of sp³-hybridized carbons (Fsp3) is 0.692. The Balaban J connectivity index is 1.98. The van der Waals surface area contributed by atoms with Gasteiger partial charge in [0.1, 0.15) is 0 Å². The van der Waals surface area contributed by atoms with Crippen molar-refractivity contribution in [1.29, 1.82) is 0 Å². The number of ether oxygens (including phenoxy) is 1. The third kappa shape index (κ3) is 3.75. The first-order chi connectivity index (χ1) is 8.87. The van der Waals surface area contributed by atoms with Crippen LogP contribution in [0.1, 0.15) is 27.7 Å². The minimum Gasteiger partial charge on any atom is -0.370 e. The van der Waals surface area contributed by atoms with Crippen molar-refractivity contribution in [1.82, 2.24) is 9.88 Å². The molecule has 1 amide bonds. The van der Waals surface area contributed by atoms with Crippen LogP contribution in [0, 0.1) is 0 Å². The summed E-state index contributed by atoms with van der Waals surface area (Å²) in [4.78, 5) is 18.4. The van der Waals surface area contributed by atoms with Crippen LogP contribution in [0.5, 0.6) is 0 Å². The van der Waals surface area contributed by atoms with E-state index in [-0.39, 0.29) is 23.7 Å². The number of carbonyl (C=O) groups excluding carboxylic acids is 1. The molecular weight excluding hydrogens is 262 g/mol. The molecule has 1 aromatic rings. The number of aromatic nitrogens is 1. The predicted molar refractivity (Wildman–Crippen MR) is 76.4 cm³/mol. The summed E-state index contributed by atoms with van der Waals surface area (Å²) in [6.07, 6.45) is 1.82. The smallest absolute Gasteiger partial charge is 0.243 e. The molecule has 1 aromatic heterocycles. The lowest BCUT2D eigenvalue weighted by Gasteiger charge is -2.43. The molecule has 0 bridgehead atoms. The van der Waals surface area contributed by atoms with E-state index >= 15 is 0 Å². The molecule has 1 aliphatic rings. The zero-order valence-electron chi connectivity index (χ0n) is 11.8. The van der Waals surface area contributed by atoms with Gasteiger partial charge in [0, 0.05) is 24.7 Å². The molecule has 0 saturated carbocycles. The second kappa shape index (κ2) is 5.56. The summed E-state index contributed by atoms with van der Waals surface area (Å²) in [6, 6.07) is -0.186. The quantitative estimate of drug-likeness (QED) is 0.921. The van der Waals surface area contributed by atoms with E-state index in [2.05, 4.69) is 29.0 Å². The second-order valence-corrected chi connectivity index (χ2v) is 6.51. The van der Waals surface area contributed by atoms with E-state index in [0.29, 0.717) is 5.13 Å². The van der Waals surface area contributed by atoms with Crippen LogP contribution >= 0.6 is 11.3 Å². The molecule has 0 aliphatic carbocycles. The highest BCUT2D eigenvalue weighted by molar-refractivity contribution is 7.13. The normalized spacial score (nSPS) is 24.9. The first-order valence-electron chi connectivity index (χ1n) is 6.49. The molecule has 6 heteroatoms. The van der Waals surface area contributed by atoms with E-state index in [1.807, 2.05) is 19.2 Å². The average Bonchev–Trinajstić information content (AvgIpc) is 2.77. The molecule has 0 radical (unpaired) electrons. The number of thiazole rings is 1. The van der Waals surface area contributed by atoms with E-state index in [0.717, 1.165) is 13.1 Å². The number of anilines is 1. The second-order valence-electron chi connectivity index (χ2n) is 5.62. The van der Waals surface area contributed by atoms with Crippen LogP contribution in [-0.4, -0.2) is 46.6 Å². The third-order valence-electron chi connectivity index (χ3n) is 3.19. The Morgan fingerprint density at radius 2 is 2.42 bits per heavy atom. The molecule has 1 fully saturated rings. The summed E-state index contributed by atoms with van der Waals surface area (Å²) in [7, 11) is 0. The van der Waals surface area contributed by atoms with Crippen molar-refractivity contribution in [2.24, 2.45) is 0 Å². The van der Waals surface area contributed by atoms with Crippen molar-refractivity contribution in [3.05, 3.63) is 11.6 Å². The Morgan fingerprint density at radius 1 is 1.68 bits per heavy atom. The molecule has 2 atom stereocenters. The standard InChI is InChI=1S/C13H21N3O2S/c1-9-7-16(8-13(3,4)18-9)10(2)11(17)15-12-14-5-6-19-12/h5-6,9-10H,7-8H2,1-4H3,(H,14,15,17). The van der Waals surface area contributed by atoms with Crippen LogP contribution in [0.25, 0.3) is 0 Å². The topological polar surface area (TPSA) is 54.5 Å². The van der Waals surface area contributed by atoms with Crippen LogP contribution in [0.2, 0.25) is 0 Å². The van der Waals surface area contributed by atoms with E-state index in [1.165, 1.54) is 11.3 Å². The number of rotatable bonds is 3. The van der Waals surface area contributed by atoms with Crippen molar-refractivity contribution in [2.75, 3.05) is 18.4 Å². The molecule has 1 saturated heterocycles. The van der Waals surface area contributed by atoms with Gasteiger partial charge < -0.3 is 10.1 Å². The van der Waals surface area contributed by atoms with Gasteiger partial charge in [-0.1, -0.05) is 0 Å². The van der Waals surface area contributed by atoms with Crippen LogP contribution in [-0.2, 0) is 9.53 Å². The zero-order chi connectivity index (χ0) is 14.0. The minimum atomic E-state index is -0.215. The Morgan fingerprint density at radius 3 is 3.00 bits per heavy atom. The summed E-state index contributed by atoms with van der Waals surface area (Å²) < 4.78 is 5.86. The van der Waals surface area contributed by atoms with Crippen molar-refractivity contribution in [3.63, 3.8) is 0 Å². The zero-order valence-corrected chi connectivity index (χ0v) is 12.7.